The number of carbonyl (C=O) groups is 2. The second-order valence-electron chi connectivity index (χ2n) is 6.18. The molecule has 1 aliphatic heterocycles. The van der Waals surface area contributed by atoms with Crippen LogP contribution in [0.4, 0.5) is 0 Å². The summed E-state index contributed by atoms with van der Waals surface area (Å²) < 4.78 is 6.06. The molecule has 0 aliphatic carbocycles. The van der Waals surface area contributed by atoms with Gasteiger partial charge < -0.3 is 15.0 Å². The van der Waals surface area contributed by atoms with Gasteiger partial charge in [-0.15, -0.1) is 0 Å². The molecule has 6 heteroatoms. The van der Waals surface area contributed by atoms with Crippen molar-refractivity contribution >= 4 is 34.4 Å². The maximum absolute atomic E-state index is 12.7. The largest absolute Gasteiger partial charge is 0.497 e. The van der Waals surface area contributed by atoms with Crippen molar-refractivity contribution in [1.82, 2.24) is 10.2 Å². The zero-order valence-electron chi connectivity index (χ0n) is 14.6. The summed E-state index contributed by atoms with van der Waals surface area (Å²) in [5.41, 5.74) is 1.69. The third kappa shape index (κ3) is 4.17. The Morgan fingerprint density at radius 3 is 2.62 bits per heavy atom. The molecule has 0 saturated carbocycles. The van der Waals surface area contributed by atoms with Gasteiger partial charge >= 0.3 is 0 Å². The maximum atomic E-state index is 12.7. The van der Waals surface area contributed by atoms with Crippen molar-refractivity contribution < 1.29 is 14.3 Å². The van der Waals surface area contributed by atoms with E-state index in [1.165, 1.54) is 0 Å². The van der Waals surface area contributed by atoms with Gasteiger partial charge in [0.05, 0.1) is 25.3 Å². The summed E-state index contributed by atoms with van der Waals surface area (Å²) in [6.45, 7) is 0.727. The van der Waals surface area contributed by atoms with Gasteiger partial charge in [-0.25, -0.2) is 0 Å². The molecule has 0 bridgehead atoms. The zero-order valence-corrected chi connectivity index (χ0v) is 16.7. The minimum absolute atomic E-state index is 0.0104. The van der Waals surface area contributed by atoms with Gasteiger partial charge in [0.2, 0.25) is 5.91 Å². The highest BCUT2D eigenvalue weighted by Gasteiger charge is 2.30. The normalized spacial score (nSPS) is 16.4. The molecule has 1 heterocycles. The number of rotatable bonds is 5. The van der Waals surface area contributed by atoms with Crippen LogP contribution in [0.15, 0.2) is 48.5 Å². The summed E-state index contributed by atoms with van der Waals surface area (Å²) in [4.78, 5) is 26.8. The molecule has 26 heavy (non-hydrogen) atoms. The van der Waals surface area contributed by atoms with Gasteiger partial charge in [-0.2, -0.15) is 0 Å². The van der Waals surface area contributed by atoms with E-state index in [1.54, 1.807) is 13.2 Å². The molecule has 0 spiro atoms. The average Bonchev–Trinajstić information content (AvgIpc) is 3.16. The van der Waals surface area contributed by atoms with Crippen molar-refractivity contribution in [3.63, 3.8) is 0 Å². The third-order valence-corrected chi connectivity index (χ3v) is 5.53. The van der Waals surface area contributed by atoms with E-state index in [1.807, 2.05) is 47.4 Å². The number of hydrogen-bond acceptors (Lipinski definition) is 3. The Balaban J connectivity index is 1.63. The lowest BCUT2D eigenvalue weighted by Crippen LogP contribution is -2.40. The molecular weight excluding hydrogens is 443 g/mol. The Bertz CT molecular complexity index is 792. The number of hydrogen-bond donors (Lipinski definition) is 1. The molecule has 1 fully saturated rings. The van der Waals surface area contributed by atoms with Crippen molar-refractivity contribution in [2.24, 2.45) is 0 Å². The molecule has 1 aliphatic rings. The van der Waals surface area contributed by atoms with E-state index in [0.29, 0.717) is 12.1 Å². The van der Waals surface area contributed by atoms with Gasteiger partial charge in [0.25, 0.3) is 5.91 Å². The summed E-state index contributed by atoms with van der Waals surface area (Å²) >= 11 is 2.12. The molecule has 3 rings (SSSR count). The first-order valence-corrected chi connectivity index (χ1v) is 9.64. The zero-order chi connectivity index (χ0) is 18.5. The molecule has 2 aromatic carbocycles. The molecular formula is C20H21IN2O3. The van der Waals surface area contributed by atoms with E-state index in [9.17, 15) is 9.59 Å². The Labute approximate surface area is 166 Å². The van der Waals surface area contributed by atoms with Crippen molar-refractivity contribution in [2.75, 3.05) is 20.2 Å². The number of likely N-dealkylation sites (tertiary alicyclic amines) is 1. The molecule has 1 unspecified atom stereocenters. The molecule has 2 amide bonds. The minimum atomic E-state index is -0.219. The SMILES string of the molecule is COc1ccc(C2CCCN2C(=O)CNC(=O)c2ccccc2I)cc1. The van der Waals surface area contributed by atoms with E-state index in [0.717, 1.165) is 27.7 Å². The fraction of sp³-hybridized carbons (Fsp3) is 0.300. The summed E-state index contributed by atoms with van der Waals surface area (Å²) in [7, 11) is 1.64. The monoisotopic (exact) mass is 464 g/mol. The van der Waals surface area contributed by atoms with Gasteiger partial charge in [0.1, 0.15) is 5.75 Å². The Morgan fingerprint density at radius 2 is 1.92 bits per heavy atom. The second kappa shape index (κ2) is 8.53. The predicted molar refractivity (Wildman–Crippen MR) is 108 cm³/mol. The summed E-state index contributed by atoms with van der Waals surface area (Å²) in [6.07, 6.45) is 1.90. The fourth-order valence-corrected chi connectivity index (χ4v) is 3.87. The Morgan fingerprint density at radius 1 is 1.19 bits per heavy atom. The quantitative estimate of drug-likeness (QED) is 0.691. The molecule has 0 radical (unpaired) electrons. The first-order valence-electron chi connectivity index (χ1n) is 8.56. The van der Waals surface area contributed by atoms with Crippen LogP contribution in [0.2, 0.25) is 0 Å². The number of methoxy groups -OCH3 is 1. The smallest absolute Gasteiger partial charge is 0.252 e. The highest BCUT2D eigenvalue weighted by atomic mass is 127. The maximum Gasteiger partial charge on any atom is 0.252 e. The Kier molecular flexibility index (Phi) is 6.13. The van der Waals surface area contributed by atoms with Gasteiger partial charge in [0.15, 0.2) is 0 Å². The van der Waals surface area contributed by atoms with Crippen LogP contribution in [-0.4, -0.2) is 36.9 Å². The second-order valence-corrected chi connectivity index (χ2v) is 7.34. The lowest BCUT2D eigenvalue weighted by atomic mass is 10.0. The van der Waals surface area contributed by atoms with Crippen LogP contribution in [0.5, 0.6) is 5.75 Å². The molecule has 2 aromatic rings. The van der Waals surface area contributed by atoms with Crippen LogP contribution in [-0.2, 0) is 4.79 Å². The van der Waals surface area contributed by atoms with Crippen LogP contribution in [0.3, 0.4) is 0 Å². The molecule has 0 aromatic heterocycles. The molecule has 1 N–H and O–H groups in total. The van der Waals surface area contributed by atoms with E-state index in [-0.39, 0.29) is 24.4 Å². The van der Waals surface area contributed by atoms with Crippen molar-refractivity contribution in [2.45, 2.75) is 18.9 Å². The number of halogens is 1. The Hall–Kier alpha value is -2.09. The summed E-state index contributed by atoms with van der Waals surface area (Å²) in [6, 6.07) is 15.2. The standard InChI is InChI=1S/C20H21IN2O3/c1-26-15-10-8-14(9-11-15)18-7-4-12-23(18)19(24)13-22-20(25)16-5-2-3-6-17(16)21/h2-3,5-6,8-11,18H,4,7,12-13H2,1H3,(H,22,25). The van der Waals surface area contributed by atoms with Gasteiger partial charge in [-0.05, 0) is 65.3 Å². The van der Waals surface area contributed by atoms with E-state index < -0.39 is 0 Å². The summed E-state index contributed by atoms with van der Waals surface area (Å²) in [5.74, 6) is 0.528. The third-order valence-electron chi connectivity index (χ3n) is 4.59. The molecule has 1 atom stereocenters. The van der Waals surface area contributed by atoms with Crippen LogP contribution < -0.4 is 10.1 Å². The number of nitrogens with zero attached hydrogens (tertiary/aromatic N) is 1. The highest BCUT2D eigenvalue weighted by molar-refractivity contribution is 14.1. The predicted octanol–water partition coefficient (Wildman–Crippen LogP) is 3.39. The lowest BCUT2D eigenvalue weighted by molar-refractivity contribution is -0.131. The van der Waals surface area contributed by atoms with Crippen molar-refractivity contribution in [1.29, 1.82) is 0 Å². The van der Waals surface area contributed by atoms with Gasteiger partial charge in [0, 0.05) is 10.1 Å². The van der Waals surface area contributed by atoms with E-state index in [4.69, 9.17) is 4.74 Å². The minimum Gasteiger partial charge on any atom is -0.497 e. The van der Waals surface area contributed by atoms with Crippen LogP contribution in [0.1, 0.15) is 34.8 Å². The van der Waals surface area contributed by atoms with Crippen molar-refractivity contribution in [3.05, 3.63) is 63.2 Å². The molecule has 136 valence electrons. The van der Waals surface area contributed by atoms with E-state index in [2.05, 4.69) is 27.9 Å². The number of carbonyl (C=O) groups excluding carboxylic acids is 2. The van der Waals surface area contributed by atoms with Crippen LogP contribution >= 0.6 is 22.6 Å². The molecule has 1 saturated heterocycles. The van der Waals surface area contributed by atoms with Crippen molar-refractivity contribution in [3.8, 4) is 5.75 Å². The average molecular weight is 464 g/mol. The van der Waals surface area contributed by atoms with E-state index >= 15 is 0 Å². The van der Waals surface area contributed by atoms with Crippen LogP contribution in [0.25, 0.3) is 0 Å². The highest BCUT2D eigenvalue weighted by Crippen LogP contribution is 2.32. The van der Waals surface area contributed by atoms with Gasteiger partial charge in [-0.1, -0.05) is 24.3 Å². The lowest BCUT2D eigenvalue weighted by Gasteiger charge is -2.25. The number of nitrogens with one attached hydrogen (secondary N) is 1. The fourth-order valence-electron chi connectivity index (χ4n) is 3.24. The number of benzene rings is 2. The number of ether oxygens (including phenoxy) is 1. The van der Waals surface area contributed by atoms with Gasteiger partial charge in [-0.3, -0.25) is 9.59 Å². The summed E-state index contributed by atoms with van der Waals surface area (Å²) in [5, 5.41) is 2.75. The molecule has 5 nitrogen and oxygen atoms in total. The first-order chi connectivity index (χ1) is 12.6. The first kappa shape index (κ1) is 18.7. The number of amides is 2. The topological polar surface area (TPSA) is 58.6 Å². The van der Waals surface area contributed by atoms with Crippen LogP contribution in [0, 0.1) is 3.57 Å².